The Labute approximate surface area is 111 Å². The Kier molecular flexibility index (Phi) is 6.55. The van der Waals surface area contributed by atoms with Crippen LogP contribution in [0.25, 0.3) is 0 Å². The van der Waals surface area contributed by atoms with E-state index in [-0.39, 0.29) is 11.8 Å². The summed E-state index contributed by atoms with van der Waals surface area (Å²) < 4.78 is 26.3. The van der Waals surface area contributed by atoms with E-state index in [0.29, 0.717) is 12.5 Å². The Morgan fingerprint density at radius 3 is 2.56 bits per heavy atom. The maximum atomic E-state index is 11.8. The summed E-state index contributed by atoms with van der Waals surface area (Å²) in [5.74, 6) is 0.221. The molecule has 6 heteroatoms. The molecule has 1 saturated carbocycles. The molecule has 1 aliphatic rings. The van der Waals surface area contributed by atoms with Gasteiger partial charge in [-0.2, -0.15) is 0 Å². The molecule has 0 aromatic heterocycles. The van der Waals surface area contributed by atoms with Crippen LogP contribution in [0.3, 0.4) is 0 Å². The minimum atomic E-state index is -3.11. The van der Waals surface area contributed by atoms with Crippen LogP contribution in [0.4, 0.5) is 0 Å². The van der Waals surface area contributed by atoms with Crippen LogP contribution in [0, 0.1) is 0 Å². The van der Waals surface area contributed by atoms with Crippen LogP contribution in [0.1, 0.15) is 32.6 Å². The van der Waals surface area contributed by atoms with Gasteiger partial charge >= 0.3 is 0 Å². The molecule has 5 nitrogen and oxygen atoms in total. The molecule has 1 aliphatic carbocycles. The molecular formula is C12H27N3O2S. The molecule has 0 spiro atoms. The maximum absolute atomic E-state index is 11.8. The predicted molar refractivity (Wildman–Crippen MR) is 75.2 cm³/mol. The van der Waals surface area contributed by atoms with Crippen LogP contribution in [-0.4, -0.2) is 58.3 Å². The van der Waals surface area contributed by atoms with Crippen LogP contribution < -0.4 is 10.0 Å². The molecule has 1 unspecified atom stereocenters. The van der Waals surface area contributed by atoms with Gasteiger partial charge in [-0.1, -0.05) is 0 Å². The Morgan fingerprint density at radius 2 is 2.00 bits per heavy atom. The number of nitrogens with zero attached hydrogens (tertiary/aromatic N) is 1. The second kappa shape index (κ2) is 7.43. The van der Waals surface area contributed by atoms with Gasteiger partial charge in [0, 0.05) is 12.1 Å². The number of rotatable bonds is 10. The molecule has 0 aliphatic heterocycles. The Balaban J connectivity index is 2.12. The Bertz CT molecular complexity index is 326. The smallest absolute Gasteiger partial charge is 0.211 e. The fourth-order valence-electron chi connectivity index (χ4n) is 1.73. The van der Waals surface area contributed by atoms with Gasteiger partial charge in [0.25, 0.3) is 0 Å². The monoisotopic (exact) mass is 277 g/mol. The third kappa shape index (κ3) is 8.02. The van der Waals surface area contributed by atoms with E-state index >= 15 is 0 Å². The molecule has 108 valence electrons. The summed E-state index contributed by atoms with van der Waals surface area (Å²) in [6, 6.07) is 0.661. The highest BCUT2D eigenvalue weighted by atomic mass is 32.2. The first-order valence-electron chi connectivity index (χ1n) is 6.77. The van der Waals surface area contributed by atoms with Crippen molar-refractivity contribution in [3.8, 4) is 0 Å². The first kappa shape index (κ1) is 15.9. The maximum Gasteiger partial charge on any atom is 0.211 e. The predicted octanol–water partition coefficient (Wildman–Crippen LogP) is 0.388. The normalized spacial score (nSPS) is 18.2. The first-order valence-corrected chi connectivity index (χ1v) is 8.42. The molecule has 0 aromatic carbocycles. The van der Waals surface area contributed by atoms with Crippen LogP contribution in [-0.2, 0) is 10.0 Å². The summed E-state index contributed by atoms with van der Waals surface area (Å²) in [6.45, 7) is 3.62. The fourth-order valence-corrected chi connectivity index (χ4v) is 3.11. The van der Waals surface area contributed by atoms with Gasteiger partial charge in [-0.05, 0) is 59.8 Å². The third-order valence-electron chi connectivity index (χ3n) is 2.99. The van der Waals surface area contributed by atoms with E-state index < -0.39 is 10.0 Å². The molecule has 0 aromatic rings. The molecular weight excluding hydrogens is 250 g/mol. The van der Waals surface area contributed by atoms with Crippen molar-refractivity contribution >= 4 is 10.0 Å². The van der Waals surface area contributed by atoms with Crippen molar-refractivity contribution in [1.29, 1.82) is 0 Å². The topological polar surface area (TPSA) is 61.4 Å². The van der Waals surface area contributed by atoms with Crippen LogP contribution in [0.5, 0.6) is 0 Å². The lowest BCUT2D eigenvalue weighted by Crippen LogP contribution is -2.37. The highest BCUT2D eigenvalue weighted by Crippen LogP contribution is 2.18. The molecule has 1 rings (SSSR count). The molecule has 0 bridgehead atoms. The van der Waals surface area contributed by atoms with E-state index in [1.54, 1.807) is 0 Å². The summed E-state index contributed by atoms with van der Waals surface area (Å²) in [7, 11) is 0.867. The van der Waals surface area contributed by atoms with Crippen molar-refractivity contribution < 1.29 is 8.42 Å². The van der Waals surface area contributed by atoms with E-state index in [1.165, 1.54) is 12.8 Å². The average Bonchev–Trinajstić information content (AvgIpc) is 3.05. The zero-order valence-corrected chi connectivity index (χ0v) is 12.6. The lowest BCUT2D eigenvalue weighted by molar-refractivity contribution is 0.379. The fraction of sp³-hybridized carbons (Fsp3) is 1.00. The Hall–Kier alpha value is -0.170. The van der Waals surface area contributed by atoms with Crippen molar-refractivity contribution in [1.82, 2.24) is 14.9 Å². The SMILES string of the molecule is CC(CCN(C)C)NS(=O)(=O)CCCNC1CC1. The summed E-state index contributed by atoms with van der Waals surface area (Å²) in [4.78, 5) is 2.06. The van der Waals surface area contributed by atoms with Crippen molar-refractivity contribution in [2.75, 3.05) is 32.9 Å². The van der Waals surface area contributed by atoms with Gasteiger partial charge in [0.15, 0.2) is 0 Å². The molecule has 0 saturated heterocycles. The summed E-state index contributed by atoms with van der Waals surface area (Å²) >= 11 is 0. The quantitative estimate of drug-likeness (QED) is 0.567. The molecule has 1 fully saturated rings. The number of sulfonamides is 1. The van der Waals surface area contributed by atoms with Gasteiger partial charge in [0.05, 0.1) is 5.75 Å². The van der Waals surface area contributed by atoms with E-state index in [2.05, 4.69) is 14.9 Å². The zero-order valence-electron chi connectivity index (χ0n) is 11.8. The number of hydrogen-bond acceptors (Lipinski definition) is 4. The lowest BCUT2D eigenvalue weighted by Gasteiger charge is -2.16. The third-order valence-corrected chi connectivity index (χ3v) is 4.58. The molecule has 2 N–H and O–H groups in total. The van der Waals surface area contributed by atoms with Crippen LogP contribution >= 0.6 is 0 Å². The molecule has 18 heavy (non-hydrogen) atoms. The highest BCUT2D eigenvalue weighted by Gasteiger charge is 2.20. The molecule has 0 amide bonds. The van der Waals surface area contributed by atoms with Crippen molar-refractivity contribution in [3.05, 3.63) is 0 Å². The summed E-state index contributed by atoms with van der Waals surface area (Å²) in [5, 5.41) is 3.32. The average molecular weight is 277 g/mol. The van der Waals surface area contributed by atoms with Crippen molar-refractivity contribution in [2.45, 2.75) is 44.7 Å². The first-order chi connectivity index (χ1) is 8.39. The summed E-state index contributed by atoms with van der Waals surface area (Å²) in [5.41, 5.74) is 0. The van der Waals surface area contributed by atoms with Gasteiger partial charge in [0.1, 0.15) is 0 Å². The number of nitrogens with one attached hydrogen (secondary N) is 2. The van der Waals surface area contributed by atoms with Gasteiger partial charge in [0.2, 0.25) is 10.0 Å². The minimum absolute atomic E-state index is 0.00814. The Morgan fingerprint density at radius 1 is 1.33 bits per heavy atom. The van der Waals surface area contributed by atoms with E-state index in [0.717, 1.165) is 19.5 Å². The number of hydrogen-bond donors (Lipinski definition) is 2. The van der Waals surface area contributed by atoms with Crippen LogP contribution in [0.2, 0.25) is 0 Å². The lowest BCUT2D eigenvalue weighted by atomic mass is 10.2. The highest BCUT2D eigenvalue weighted by molar-refractivity contribution is 7.89. The van der Waals surface area contributed by atoms with E-state index in [9.17, 15) is 8.42 Å². The van der Waals surface area contributed by atoms with Crippen molar-refractivity contribution in [2.24, 2.45) is 0 Å². The molecule has 1 atom stereocenters. The van der Waals surface area contributed by atoms with Crippen molar-refractivity contribution in [3.63, 3.8) is 0 Å². The van der Waals surface area contributed by atoms with Gasteiger partial charge in [-0.3, -0.25) is 0 Å². The van der Waals surface area contributed by atoms with Gasteiger partial charge < -0.3 is 10.2 Å². The molecule has 0 heterocycles. The van der Waals surface area contributed by atoms with Crippen LogP contribution in [0.15, 0.2) is 0 Å². The van der Waals surface area contributed by atoms with E-state index in [4.69, 9.17) is 0 Å². The second-order valence-electron chi connectivity index (χ2n) is 5.51. The van der Waals surface area contributed by atoms with Gasteiger partial charge in [-0.25, -0.2) is 13.1 Å². The minimum Gasteiger partial charge on any atom is -0.314 e. The summed E-state index contributed by atoms with van der Waals surface area (Å²) in [6.07, 6.45) is 4.01. The standard InChI is InChI=1S/C12H27N3O2S/c1-11(7-9-15(2)3)14-18(16,17)10-4-8-13-12-5-6-12/h11-14H,4-10H2,1-3H3. The van der Waals surface area contributed by atoms with Gasteiger partial charge in [-0.15, -0.1) is 0 Å². The second-order valence-corrected chi connectivity index (χ2v) is 7.39. The largest absolute Gasteiger partial charge is 0.314 e. The molecule has 0 radical (unpaired) electrons. The zero-order chi connectivity index (χ0) is 13.6. The van der Waals surface area contributed by atoms with E-state index in [1.807, 2.05) is 21.0 Å².